The van der Waals surface area contributed by atoms with E-state index in [0.717, 1.165) is 27.1 Å². The molecule has 1 saturated heterocycles. The fourth-order valence-electron chi connectivity index (χ4n) is 8.77. The summed E-state index contributed by atoms with van der Waals surface area (Å²) in [7, 11) is -1.56. The van der Waals surface area contributed by atoms with Crippen LogP contribution in [0.25, 0.3) is 6.08 Å². The van der Waals surface area contributed by atoms with Crippen LogP contribution in [0.15, 0.2) is 89.5 Å². The summed E-state index contributed by atoms with van der Waals surface area (Å²) >= 11 is 2.06. The van der Waals surface area contributed by atoms with Crippen LogP contribution >= 0.6 is 22.6 Å². The topological polar surface area (TPSA) is 154 Å². The van der Waals surface area contributed by atoms with Crippen LogP contribution in [0.4, 0.5) is 0 Å². The highest BCUT2D eigenvalue weighted by atomic mass is 127. The number of methoxy groups -OCH3 is 1. The van der Waals surface area contributed by atoms with Gasteiger partial charge in [-0.15, -0.1) is 0 Å². The molecule has 0 saturated carbocycles. The molecule has 57 heavy (non-hydrogen) atoms. The van der Waals surface area contributed by atoms with Crippen molar-refractivity contribution in [2.24, 2.45) is 17.8 Å². The molecular formula is C45H56INO9Si. The third-order valence-corrected chi connectivity index (χ3v) is 17.3. The van der Waals surface area contributed by atoms with E-state index in [9.17, 15) is 29.7 Å². The lowest BCUT2D eigenvalue weighted by Gasteiger charge is -2.44. The Hall–Kier alpha value is -3.82. The largest absolute Gasteiger partial charge is 0.504 e. The fraction of sp³-hybridized carbons (Fsp3) is 0.444. The SMILES string of the molecule is COc1cc(/C=C(\C)CC[C@@H](O)C2=C(CO[Si](c3ccccc3)(c3ccccc3)C(C)(C)C)C[C@H]3C(=O)N(CCCCCC(=O)O)C(=O)[C@H]3[C@H]2CO)cc(I)c1O. The third kappa shape index (κ3) is 9.73. The minimum absolute atomic E-state index is 0.0245. The maximum Gasteiger partial charge on any atom is 0.303 e. The average molecular weight is 910 g/mol. The fourth-order valence-corrected chi connectivity index (χ4v) is 13.9. The van der Waals surface area contributed by atoms with E-state index in [1.54, 1.807) is 6.07 Å². The number of carbonyl (C=O) groups is 3. The van der Waals surface area contributed by atoms with Gasteiger partial charge in [-0.3, -0.25) is 19.3 Å². The van der Waals surface area contributed by atoms with E-state index in [1.807, 2.05) is 55.5 Å². The van der Waals surface area contributed by atoms with E-state index < -0.39 is 44.8 Å². The van der Waals surface area contributed by atoms with E-state index in [1.165, 1.54) is 12.0 Å². The minimum atomic E-state index is -3.06. The molecular weight excluding hydrogens is 853 g/mol. The first-order chi connectivity index (χ1) is 27.1. The molecule has 5 rings (SSSR count). The van der Waals surface area contributed by atoms with E-state index in [4.69, 9.17) is 14.3 Å². The summed E-state index contributed by atoms with van der Waals surface area (Å²) < 4.78 is 13.4. The number of aromatic hydroxyl groups is 1. The highest BCUT2D eigenvalue weighted by molar-refractivity contribution is 14.1. The predicted octanol–water partition coefficient (Wildman–Crippen LogP) is 6.68. The standard InChI is InChI=1S/C45H56INO9Si/c1-29(23-30-24-36(46)42(52)38(25-30)55-5)20-21-37(49)40-31(26-34-41(35(40)27-48)44(54)47(43(34)53)22-14-8-13-19-39(50)51)28-56-57(45(2,3)4,32-15-9-6-10-16-32)33-17-11-7-12-18-33/h6-7,9-12,15-18,23-25,34-35,37,41,48-49,52H,8,13-14,19-22,26-28H2,1-5H3,(H,50,51)/b29-23+/t34-,35+,37-,41-/m1/s1. The number of carbonyl (C=O) groups excluding carboxylic acids is 2. The van der Waals surface area contributed by atoms with Crippen molar-refractivity contribution in [2.75, 3.05) is 26.9 Å². The summed E-state index contributed by atoms with van der Waals surface area (Å²) in [5.74, 6) is -3.43. The molecule has 0 unspecified atom stereocenters. The third-order valence-electron chi connectivity index (χ3n) is 11.5. The second-order valence-electron chi connectivity index (χ2n) is 16.3. The van der Waals surface area contributed by atoms with Crippen molar-refractivity contribution >= 4 is 65.1 Å². The Bertz CT molecular complexity index is 1920. The number of unbranched alkanes of at least 4 members (excludes halogenated alkanes) is 2. The molecule has 1 heterocycles. The minimum Gasteiger partial charge on any atom is -0.504 e. The first kappa shape index (κ1) is 44.3. The number of benzene rings is 3. The Morgan fingerprint density at radius 3 is 2.18 bits per heavy atom. The Kier molecular flexibility index (Phi) is 15.0. The molecule has 1 aliphatic heterocycles. The lowest BCUT2D eigenvalue weighted by atomic mass is 9.68. The maximum absolute atomic E-state index is 14.1. The summed E-state index contributed by atoms with van der Waals surface area (Å²) in [6.45, 7) is 8.38. The molecule has 0 spiro atoms. The molecule has 3 aromatic carbocycles. The van der Waals surface area contributed by atoms with Crippen LogP contribution in [0.1, 0.15) is 78.2 Å². The van der Waals surface area contributed by atoms with Crippen LogP contribution in [0.3, 0.4) is 0 Å². The number of ether oxygens (including phenoxy) is 1. The van der Waals surface area contributed by atoms with Crippen molar-refractivity contribution in [3.8, 4) is 11.5 Å². The number of carboxylic acids is 1. The molecule has 3 aromatic rings. The Morgan fingerprint density at radius 1 is 0.982 bits per heavy atom. The number of phenols is 1. The van der Waals surface area contributed by atoms with Gasteiger partial charge in [0.15, 0.2) is 11.5 Å². The molecule has 2 aliphatic rings. The molecule has 1 fully saturated rings. The van der Waals surface area contributed by atoms with Crippen molar-refractivity contribution < 1.29 is 44.0 Å². The monoisotopic (exact) mass is 909 g/mol. The molecule has 4 N–H and O–H groups in total. The van der Waals surface area contributed by atoms with Crippen LogP contribution in [0.2, 0.25) is 5.04 Å². The van der Waals surface area contributed by atoms with Crippen molar-refractivity contribution in [3.63, 3.8) is 0 Å². The normalized spacial score (nSPS) is 19.5. The second kappa shape index (κ2) is 19.3. The number of carboxylic acid groups (broad SMARTS) is 1. The Balaban J connectivity index is 1.52. The van der Waals surface area contributed by atoms with Crippen molar-refractivity contribution in [2.45, 2.75) is 83.8 Å². The molecule has 1 aliphatic carbocycles. The molecule has 306 valence electrons. The number of phenolic OH excluding ortho intramolecular Hbond substituents is 1. The van der Waals surface area contributed by atoms with Gasteiger partial charge >= 0.3 is 5.97 Å². The van der Waals surface area contributed by atoms with Gasteiger partial charge in [0.05, 0.1) is 41.8 Å². The number of allylic oxidation sites excluding steroid dienone is 1. The molecule has 4 atom stereocenters. The number of amides is 2. The van der Waals surface area contributed by atoms with Gasteiger partial charge in [0.2, 0.25) is 11.8 Å². The number of imide groups is 1. The predicted molar refractivity (Wildman–Crippen MR) is 232 cm³/mol. The first-order valence-electron chi connectivity index (χ1n) is 19.7. The highest BCUT2D eigenvalue weighted by Crippen LogP contribution is 2.47. The lowest BCUT2D eigenvalue weighted by Crippen LogP contribution is -2.66. The molecule has 2 amide bonds. The average Bonchev–Trinajstić information content (AvgIpc) is 3.42. The zero-order chi connectivity index (χ0) is 41.5. The quantitative estimate of drug-likeness (QED) is 0.0360. The molecule has 0 radical (unpaired) electrons. The van der Waals surface area contributed by atoms with Crippen LogP contribution in [0.5, 0.6) is 11.5 Å². The van der Waals surface area contributed by atoms with Crippen molar-refractivity contribution in [3.05, 3.63) is 98.6 Å². The van der Waals surface area contributed by atoms with Crippen molar-refractivity contribution in [1.29, 1.82) is 0 Å². The van der Waals surface area contributed by atoms with Gasteiger partial charge in [-0.25, -0.2) is 0 Å². The number of hydrogen-bond acceptors (Lipinski definition) is 8. The van der Waals surface area contributed by atoms with Gasteiger partial charge in [-0.1, -0.05) is 99.5 Å². The number of halogens is 1. The van der Waals surface area contributed by atoms with E-state index >= 15 is 0 Å². The number of rotatable bonds is 18. The van der Waals surface area contributed by atoms with Gasteiger partial charge in [-0.2, -0.15) is 0 Å². The van der Waals surface area contributed by atoms with E-state index in [-0.39, 0.29) is 48.6 Å². The summed E-state index contributed by atoms with van der Waals surface area (Å²) in [5.41, 5.74) is 3.11. The summed E-state index contributed by atoms with van der Waals surface area (Å²) in [6, 6.07) is 24.1. The van der Waals surface area contributed by atoms with Gasteiger partial charge in [-0.05, 0) is 106 Å². The van der Waals surface area contributed by atoms with Gasteiger partial charge in [0.1, 0.15) is 0 Å². The number of likely N-dealkylation sites (tertiary alicyclic amines) is 1. The number of fused-ring (bicyclic) bond motifs is 1. The number of aliphatic hydroxyl groups excluding tert-OH is 2. The number of aliphatic hydroxyl groups is 2. The van der Waals surface area contributed by atoms with Crippen LogP contribution in [-0.4, -0.2) is 84.4 Å². The van der Waals surface area contributed by atoms with E-state index in [2.05, 4.69) is 67.6 Å². The summed E-state index contributed by atoms with van der Waals surface area (Å²) in [5, 5.41) is 44.5. The van der Waals surface area contributed by atoms with Gasteiger partial charge in [0, 0.05) is 18.9 Å². The second-order valence-corrected chi connectivity index (χ2v) is 21.7. The van der Waals surface area contributed by atoms with Crippen LogP contribution in [-0.2, 0) is 18.8 Å². The zero-order valence-electron chi connectivity index (χ0n) is 33.5. The van der Waals surface area contributed by atoms with Crippen LogP contribution < -0.4 is 15.1 Å². The molecule has 0 bridgehead atoms. The zero-order valence-corrected chi connectivity index (χ0v) is 36.7. The first-order valence-corrected chi connectivity index (χ1v) is 22.7. The number of hydrogen-bond donors (Lipinski definition) is 4. The Morgan fingerprint density at radius 2 is 1.61 bits per heavy atom. The summed E-state index contributed by atoms with van der Waals surface area (Å²) in [6.07, 6.45) is 3.47. The lowest BCUT2D eigenvalue weighted by molar-refractivity contribution is -0.141. The van der Waals surface area contributed by atoms with Gasteiger partial charge in [0.25, 0.3) is 8.32 Å². The maximum atomic E-state index is 14.1. The Labute approximate surface area is 350 Å². The smallest absolute Gasteiger partial charge is 0.303 e. The molecule has 12 heteroatoms. The number of nitrogens with zero attached hydrogens (tertiary/aromatic N) is 1. The molecule has 0 aromatic heterocycles. The van der Waals surface area contributed by atoms with E-state index in [0.29, 0.717) is 47.0 Å². The van der Waals surface area contributed by atoms with Crippen molar-refractivity contribution in [1.82, 2.24) is 4.90 Å². The van der Waals surface area contributed by atoms with Crippen LogP contribution in [0, 0.1) is 21.3 Å². The summed E-state index contributed by atoms with van der Waals surface area (Å²) in [4.78, 5) is 40.5. The van der Waals surface area contributed by atoms with Gasteiger partial charge < -0.3 is 29.6 Å². The molecule has 10 nitrogen and oxygen atoms in total. The number of aliphatic carboxylic acids is 1. The highest BCUT2D eigenvalue weighted by Gasteiger charge is 2.56.